The van der Waals surface area contributed by atoms with E-state index in [9.17, 15) is 4.79 Å². The summed E-state index contributed by atoms with van der Waals surface area (Å²) in [7, 11) is 3.43. The molecule has 0 aromatic heterocycles. The Balaban J connectivity index is 1.54. The van der Waals surface area contributed by atoms with Crippen LogP contribution in [-0.2, 0) is 4.79 Å². The lowest BCUT2D eigenvalue weighted by atomic mass is 9.77. The van der Waals surface area contributed by atoms with Crippen molar-refractivity contribution in [1.29, 1.82) is 0 Å². The SMILES string of the molecule is COc1cccc(C(CC(=O)CC(c2cccc(OC)c2)C2CCCC2)C2CCCC2)c1. The first kappa shape index (κ1) is 22.9. The summed E-state index contributed by atoms with van der Waals surface area (Å²) in [6, 6.07) is 16.8. The van der Waals surface area contributed by atoms with Crippen LogP contribution < -0.4 is 9.47 Å². The molecule has 0 saturated heterocycles. The standard InChI is InChI=1S/C29H38O3/c1-31-26-15-7-13-23(17-26)28(21-9-3-4-10-21)19-25(30)20-29(22-11-5-6-12-22)24-14-8-16-27(18-24)32-2/h7-8,13-18,21-22,28-29H,3-6,9-12,19-20H2,1-2H3. The summed E-state index contributed by atoms with van der Waals surface area (Å²) >= 11 is 0. The van der Waals surface area contributed by atoms with Crippen molar-refractivity contribution >= 4 is 5.78 Å². The van der Waals surface area contributed by atoms with Gasteiger partial charge in [0.05, 0.1) is 14.2 Å². The maximum atomic E-state index is 13.6. The molecule has 2 saturated carbocycles. The van der Waals surface area contributed by atoms with Crippen molar-refractivity contribution in [2.75, 3.05) is 14.2 Å². The molecule has 0 bridgehead atoms. The van der Waals surface area contributed by atoms with Gasteiger partial charge in [-0.1, -0.05) is 49.9 Å². The van der Waals surface area contributed by atoms with Crippen LogP contribution in [0.1, 0.15) is 87.2 Å². The van der Waals surface area contributed by atoms with Gasteiger partial charge >= 0.3 is 0 Å². The highest BCUT2D eigenvalue weighted by Gasteiger charge is 2.32. The molecule has 2 aliphatic rings. The summed E-state index contributed by atoms with van der Waals surface area (Å²) in [5, 5.41) is 0. The average molecular weight is 435 g/mol. The van der Waals surface area contributed by atoms with Gasteiger partial charge < -0.3 is 9.47 Å². The zero-order valence-corrected chi connectivity index (χ0v) is 19.7. The Bertz CT molecular complexity index is 806. The molecule has 0 heterocycles. The maximum Gasteiger partial charge on any atom is 0.134 e. The molecule has 0 radical (unpaired) electrons. The van der Waals surface area contributed by atoms with E-state index in [0.29, 0.717) is 42.3 Å². The van der Waals surface area contributed by atoms with Gasteiger partial charge in [-0.25, -0.2) is 0 Å². The van der Waals surface area contributed by atoms with Crippen molar-refractivity contribution < 1.29 is 14.3 Å². The van der Waals surface area contributed by atoms with Gasteiger partial charge in [0.15, 0.2) is 0 Å². The molecule has 2 aromatic rings. The van der Waals surface area contributed by atoms with Crippen molar-refractivity contribution in [2.24, 2.45) is 11.8 Å². The number of hydrogen-bond acceptors (Lipinski definition) is 3. The fourth-order valence-corrected chi connectivity index (χ4v) is 6.15. The summed E-state index contributed by atoms with van der Waals surface area (Å²) in [6.45, 7) is 0. The third-order valence-electron chi connectivity index (χ3n) is 7.88. The van der Waals surface area contributed by atoms with Gasteiger partial charge in [0.25, 0.3) is 0 Å². The maximum absolute atomic E-state index is 13.6. The molecule has 3 heteroatoms. The highest BCUT2D eigenvalue weighted by molar-refractivity contribution is 5.80. The highest BCUT2D eigenvalue weighted by Crippen LogP contribution is 2.43. The molecule has 2 unspecified atom stereocenters. The van der Waals surface area contributed by atoms with Crippen molar-refractivity contribution in [3.8, 4) is 11.5 Å². The summed E-state index contributed by atoms with van der Waals surface area (Å²) in [4.78, 5) is 13.6. The van der Waals surface area contributed by atoms with Crippen molar-refractivity contribution in [3.63, 3.8) is 0 Å². The van der Waals surface area contributed by atoms with Crippen LogP contribution in [0.15, 0.2) is 48.5 Å². The number of ether oxygens (including phenoxy) is 2. The molecule has 2 aliphatic carbocycles. The number of carbonyl (C=O) groups excluding carboxylic acids is 1. The van der Waals surface area contributed by atoms with Gasteiger partial charge in [0.2, 0.25) is 0 Å². The van der Waals surface area contributed by atoms with E-state index in [1.165, 1.54) is 62.5 Å². The Hall–Kier alpha value is -2.29. The second-order valence-electron chi connectivity index (χ2n) is 9.80. The van der Waals surface area contributed by atoms with Crippen LogP contribution in [0.2, 0.25) is 0 Å². The van der Waals surface area contributed by atoms with Crippen LogP contribution in [0.25, 0.3) is 0 Å². The Morgan fingerprint density at radius 1 is 0.750 bits per heavy atom. The van der Waals surface area contributed by atoms with Gasteiger partial charge in [-0.3, -0.25) is 4.79 Å². The topological polar surface area (TPSA) is 35.5 Å². The zero-order valence-electron chi connectivity index (χ0n) is 19.7. The highest BCUT2D eigenvalue weighted by atomic mass is 16.5. The number of benzene rings is 2. The molecular formula is C29H38O3. The first-order valence-electron chi connectivity index (χ1n) is 12.5. The molecule has 2 aromatic carbocycles. The third kappa shape index (κ3) is 5.54. The van der Waals surface area contributed by atoms with E-state index in [-0.39, 0.29) is 0 Å². The Labute approximate surface area is 193 Å². The van der Waals surface area contributed by atoms with Crippen LogP contribution in [0.3, 0.4) is 0 Å². The van der Waals surface area contributed by atoms with E-state index >= 15 is 0 Å². The lowest BCUT2D eigenvalue weighted by Gasteiger charge is -2.27. The number of rotatable bonds is 10. The predicted octanol–water partition coefficient (Wildman–Crippen LogP) is 7.30. The van der Waals surface area contributed by atoms with Crippen LogP contribution in [0.5, 0.6) is 11.5 Å². The number of methoxy groups -OCH3 is 2. The number of carbonyl (C=O) groups is 1. The van der Waals surface area contributed by atoms with E-state index in [0.717, 1.165) is 11.5 Å². The molecule has 4 rings (SSSR count). The third-order valence-corrected chi connectivity index (χ3v) is 7.88. The number of Topliss-reactive ketones (excluding diaryl/α,β-unsaturated/α-hetero) is 1. The minimum atomic E-state index is 0.301. The van der Waals surface area contributed by atoms with E-state index in [2.05, 4.69) is 36.4 Å². The summed E-state index contributed by atoms with van der Waals surface area (Å²) < 4.78 is 11.0. The normalized spacial score (nSPS) is 19.1. The molecule has 0 amide bonds. The van der Waals surface area contributed by atoms with Crippen molar-refractivity contribution in [1.82, 2.24) is 0 Å². The smallest absolute Gasteiger partial charge is 0.134 e. The number of ketones is 1. The van der Waals surface area contributed by atoms with E-state index < -0.39 is 0 Å². The van der Waals surface area contributed by atoms with E-state index in [1.54, 1.807) is 14.2 Å². The first-order chi connectivity index (χ1) is 15.7. The molecule has 2 fully saturated rings. The quantitative estimate of drug-likeness (QED) is 0.393. The second kappa shape index (κ2) is 11.0. The Kier molecular flexibility index (Phi) is 7.89. The molecule has 0 spiro atoms. The fourth-order valence-electron chi connectivity index (χ4n) is 6.15. The summed E-state index contributed by atoms with van der Waals surface area (Å²) in [5.74, 6) is 3.99. The van der Waals surface area contributed by atoms with Crippen LogP contribution in [0, 0.1) is 11.8 Å². The largest absolute Gasteiger partial charge is 0.497 e. The summed E-state index contributed by atoms with van der Waals surface area (Å²) in [6.07, 6.45) is 11.4. The molecular weight excluding hydrogens is 396 g/mol. The average Bonchev–Trinajstić information content (AvgIpc) is 3.56. The van der Waals surface area contributed by atoms with Crippen LogP contribution in [0.4, 0.5) is 0 Å². The van der Waals surface area contributed by atoms with Crippen LogP contribution >= 0.6 is 0 Å². The minimum absolute atomic E-state index is 0.301. The first-order valence-corrected chi connectivity index (χ1v) is 12.5. The van der Waals surface area contributed by atoms with E-state index in [4.69, 9.17) is 9.47 Å². The van der Waals surface area contributed by atoms with Crippen LogP contribution in [-0.4, -0.2) is 20.0 Å². The lowest BCUT2D eigenvalue weighted by Crippen LogP contribution is -2.19. The van der Waals surface area contributed by atoms with Crippen molar-refractivity contribution in [3.05, 3.63) is 59.7 Å². The second-order valence-corrected chi connectivity index (χ2v) is 9.80. The molecule has 32 heavy (non-hydrogen) atoms. The minimum Gasteiger partial charge on any atom is -0.497 e. The monoisotopic (exact) mass is 434 g/mol. The van der Waals surface area contributed by atoms with Gasteiger partial charge in [-0.2, -0.15) is 0 Å². The van der Waals surface area contributed by atoms with Gasteiger partial charge in [-0.15, -0.1) is 0 Å². The van der Waals surface area contributed by atoms with Crippen molar-refractivity contribution in [2.45, 2.75) is 76.0 Å². The zero-order chi connectivity index (χ0) is 22.3. The number of hydrogen-bond donors (Lipinski definition) is 0. The van der Waals surface area contributed by atoms with Gasteiger partial charge in [-0.05, 0) is 84.7 Å². The van der Waals surface area contributed by atoms with Gasteiger partial charge in [0, 0.05) is 12.8 Å². The Morgan fingerprint density at radius 2 is 1.16 bits per heavy atom. The summed E-state index contributed by atoms with van der Waals surface area (Å²) in [5.41, 5.74) is 2.53. The van der Waals surface area contributed by atoms with Gasteiger partial charge in [0.1, 0.15) is 17.3 Å². The lowest BCUT2D eigenvalue weighted by molar-refractivity contribution is -0.120. The fraction of sp³-hybridized carbons (Fsp3) is 0.552. The molecule has 2 atom stereocenters. The molecule has 0 N–H and O–H groups in total. The predicted molar refractivity (Wildman–Crippen MR) is 130 cm³/mol. The molecule has 172 valence electrons. The molecule has 0 aliphatic heterocycles. The molecule has 3 nitrogen and oxygen atoms in total. The van der Waals surface area contributed by atoms with E-state index in [1.807, 2.05) is 12.1 Å². The Morgan fingerprint density at radius 3 is 1.53 bits per heavy atom.